The van der Waals surface area contributed by atoms with Crippen molar-refractivity contribution in [1.82, 2.24) is 10.2 Å². The average molecular weight is 501 g/mol. The molecule has 1 N–H and O–H groups in total. The Morgan fingerprint density at radius 3 is 2.22 bits per heavy atom. The SMILES string of the molecule is Cc1cc(C)cc(CC(=O)N(Cc2ccccc2F)C(Cc2ccccc2)C(=O)NC2CCCCC2)c1. The molecule has 0 bridgehead atoms. The van der Waals surface area contributed by atoms with Crippen molar-refractivity contribution in [2.24, 2.45) is 0 Å². The number of carbonyl (C=O) groups excluding carboxylic acids is 2. The van der Waals surface area contributed by atoms with Crippen LogP contribution in [0.1, 0.15) is 59.9 Å². The molecule has 0 heterocycles. The lowest BCUT2D eigenvalue weighted by Crippen LogP contribution is -2.53. The highest BCUT2D eigenvalue weighted by Crippen LogP contribution is 2.21. The summed E-state index contributed by atoms with van der Waals surface area (Å²) in [6.07, 6.45) is 5.80. The standard InChI is InChI=1S/C32H37FN2O2/c1-23-17-24(2)19-26(18-23)21-31(36)35(22-27-13-9-10-16-29(27)33)30(20-25-11-5-3-6-12-25)32(37)34-28-14-7-4-8-15-28/h3,5-6,9-13,16-19,28,30H,4,7-8,14-15,20-22H2,1-2H3,(H,34,37). The highest BCUT2D eigenvalue weighted by molar-refractivity contribution is 5.89. The zero-order valence-electron chi connectivity index (χ0n) is 21.9. The van der Waals surface area contributed by atoms with Crippen LogP contribution in [0.4, 0.5) is 4.39 Å². The third-order valence-electron chi connectivity index (χ3n) is 7.16. The normalized spacial score (nSPS) is 14.7. The predicted octanol–water partition coefficient (Wildman–Crippen LogP) is 6.07. The van der Waals surface area contributed by atoms with Crippen LogP contribution in [0.3, 0.4) is 0 Å². The maximum absolute atomic E-state index is 14.8. The number of benzene rings is 3. The zero-order chi connectivity index (χ0) is 26.2. The molecule has 1 unspecified atom stereocenters. The second-order valence-electron chi connectivity index (χ2n) is 10.3. The van der Waals surface area contributed by atoms with Gasteiger partial charge in [-0.1, -0.05) is 97.1 Å². The van der Waals surface area contributed by atoms with Gasteiger partial charge in [0.05, 0.1) is 6.42 Å². The van der Waals surface area contributed by atoms with Gasteiger partial charge >= 0.3 is 0 Å². The molecule has 194 valence electrons. The van der Waals surface area contributed by atoms with Gasteiger partial charge in [-0.15, -0.1) is 0 Å². The molecular formula is C32H37FN2O2. The molecule has 3 aromatic carbocycles. The van der Waals surface area contributed by atoms with Crippen LogP contribution in [0.5, 0.6) is 0 Å². The van der Waals surface area contributed by atoms with Crippen LogP contribution in [0.2, 0.25) is 0 Å². The molecule has 37 heavy (non-hydrogen) atoms. The summed E-state index contributed by atoms with van der Waals surface area (Å²) in [7, 11) is 0. The molecule has 0 aromatic heterocycles. The molecule has 1 saturated carbocycles. The fourth-order valence-electron chi connectivity index (χ4n) is 5.36. The fraction of sp³-hybridized carbons (Fsp3) is 0.375. The molecule has 4 nitrogen and oxygen atoms in total. The van der Waals surface area contributed by atoms with E-state index >= 15 is 0 Å². The van der Waals surface area contributed by atoms with E-state index in [1.54, 1.807) is 23.1 Å². The molecule has 1 atom stereocenters. The summed E-state index contributed by atoms with van der Waals surface area (Å²) in [5.41, 5.74) is 4.43. The van der Waals surface area contributed by atoms with Crippen molar-refractivity contribution in [3.63, 3.8) is 0 Å². The number of amides is 2. The Morgan fingerprint density at radius 2 is 1.54 bits per heavy atom. The van der Waals surface area contributed by atoms with Crippen molar-refractivity contribution in [3.8, 4) is 0 Å². The Balaban J connectivity index is 1.68. The Kier molecular flexibility index (Phi) is 9.10. The lowest BCUT2D eigenvalue weighted by atomic mass is 9.94. The number of halogens is 1. The van der Waals surface area contributed by atoms with Crippen LogP contribution < -0.4 is 5.32 Å². The van der Waals surface area contributed by atoms with Gasteiger partial charge in [0.25, 0.3) is 0 Å². The van der Waals surface area contributed by atoms with Gasteiger partial charge in [-0.3, -0.25) is 9.59 Å². The molecule has 2 amide bonds. The second kappa shape index (κ2) is 12.7. The van der Waals surface area contributed by atoms with Crippen LogP contribution in [0.15, 0.2) is 72.8 Å². The Hall–Kier alpha value is -3.47. The van der Waals surface area contributed by atoms with E-state index in [4.69, 9.17) is 0 Å². The molecule has 1 aliphatic carbocycles. The minimum Gasteiger partial charge on any atom is -0.352 e. The van der Waals surface area contributed by atoms with E-state index < -0.39 is 6.04 Å². The summed E-state index contributed by atoms with van der Waals surface area (Å²) in [6, 6.07) is 21.7. The molecule has 0 aliphatic heterocycles. The van der Waals surface area contributed by atoms with Crippen LogP contribution in [-0.4, -0.2) is 28.8 Å². The summed E-state index contributed by atoms with van der Waals surface area (Å²) in [4.78, 5) is 29.3. The van der Waals surface area contributed by atoms with Gasteiger partial charge in [0.1, 0.15) is 11.9 Å². The molecular weight excluding hydrogens is 463 g/mol. The molecule has 3 aromatic rings. The average Bonchev–Trinajstić information content (AvgIpc) is 2.87. The summed E-state index contributed by atoms with van der Waals surface area (Å²) >= 11 is 0. The first-order valence-electron chi connectivity index (χ1n) is 13.3. The van der Waals surface area contributed by atoms with Gasteiger partial charge < -0.3 is 10.2 Å². The van der Waals surface area contributed by atoms with Crippen molar-refractivity contribution in [1.29, 1.82) is 0 Å². The smallest absolute Gasteiger partial charge is 0.243 e. The van der Waals surface area contributed by atoms with Crippen molar-refractivity contribution >= 4 is 11.8 Å². The largest absolute Gasteiger partial charge is 0.352 e. The lowest BCUT2D eigenvalue weighted by Gasteiger charge is -2.33. The van der Waals surface area contributed by atoms with Crippen molar-refractivity contribution in [3.05, 3.63) is 106 Å². The maximum Gasteiger partial charge on any atom is 0.243 e. The molecule has 0 saturated heterocycles. The number of nitrogens with one attached hydrogen (secondary N) is 1. The number of hydrogen-bond acceptors (Lipinski definition) is 2. The first kappa shape index (κ1) is 26.6. The van der Waals surface area contributed by atoms with Crippen molar-refractivity contribution in [2.45, 2.75) is 77.4 Å². The maximum atomic E-state index is 14.8. The second-order valence-corrected chi connectivity index (χ2v) is 10.3. The summed E-state index contributed by atoms with van der Waals surface area (Å²) in [5, 5.41) is 3.23. The predicted molar refractivity (Wildman–Crippen MR) is 146 cm³/mol. The zero-order valence-corrected chi connectivity index (χ0v) is 21.9. The number of aryl methyl sites for hydroxylation is 2. The van der Waals surface area contributed by atoms with E-state index in [1.165, 1.54) is 12.5 Å². The van der Waals surface area contributed by atoms with Crippen LogP contribution in [0, 0.1) is 19.7 Å². The third kappa shape index (κ3) is 7.51. The molecule has 0 spiro atoms. The molecule has 1 aliphatic rings. The number of nitrogens with zero attached hydrogens (tertiary/aromatic N) is 1. The van der Waals surface area contributed by atoms with E-state index in [0.717, 1.165) is 47.9 Å². The van der Waals surface area contributed by atoms with Gasteiger partial charge in [0.2, 0.25) is 11.8 Å². The third-order valence-corrected chi connectivity index (χ3v) is 7.16. The first-order valence-corrected chi connectivity index (χ1v) is 13.3. The minimum absolute atomic E-state index is 0.0336. The highest BCUT2D eigenvalue weighted by Gasteiger charge is 2.32. The van der Waals surface area contributed by atoms with Gasteiger partial charge in [0.15, 0.2) is 0 Å². The highest BCUT2D eigenvalue weighted by atomic mass is 19.1. The summed E-state index contributed by atoms with van der Waals surface area (Å²) in [6.45, 7) is 4.05. The van der Waals surface area contributed by atoms with Crippen LogP contribution >= 0.6 is 0 Å². The molecule has 4 rings (SSSR count). The van der Waals surface area contributed by atoms with Gasteiger partial charge in [-0.05, 0) is 43.9 Å². The molecule has 5 heteroatoms. The Labute approximate surface area is 219 Å². The van der Waals surface area contributed by atoms with E-state index in [2.05, 4.69) is 11.4 Å². The minimum atomic E-state index is -0.748. The van der Waals surface area contributed by atoms with Crippen molar-refractivity contribution < 1.29 is 14.0 Å². The number of hydrogen-bond donors (Lipinski definition) is 1. The Morgan fingerprint density at radius 1 is 0.892 bits per heavy atom. The topological polar surface area (TPSA) is 49.4 Å². The molecule has 0 radical (unpaired) electrons. The van der Waals surface area contributed by atoms with Gasteiger partial charge in [-0.25, -0.2) is 4.39 Å². The first-order chi connectivity index (χ1) is 17.9. The van der Waals surface area contributed by atoms with Crippen molar-refractivity contribution in [2.75, 3.05) is 0 Å². The lowest BCUT2D eigenvalue weighted by molar-refractivity contribution is -0.141. The van der Waals surface area contributed by atoms with E-state index in [1.807, 2.05) is 56.3 Å². The fourth-order valence-corrected chi connectivity index (χ4v) is 5.36. The Bertz CT molecular complexity index is 1180. The van der Waals surface area contributed by atoms with Crippen LogP contribution in [0.25, 0.3) is 0 Å². The van der Waals surface area contributed by atoms with E-state index in [-0.39, 0.29) is 36.6 Å². The summed E-state index contributed by atoms with van der Waals surface area (Å²) in [5.74, 6) is -0.730. The summed E-state index contributed by atoms with van der Waals surface area (Å²) < 4.78 is 14.8. The van der Waals surface area contributed by atoms with Gasteiger partial charge in [0, 0.05) is 24.6 Å². The molecule has 1 fully saturated rings. The quantitative estimate of drug-likeness (QED) is 0.387. The van der Waals surface area contributed by atoms with E-state index in [9.17, 15) is 14.0 Å². The van der Waals surface area contributed by atoms with Gasteiger partial charge in [-0.2, -0.15) is 0 Å². The number of carbonyl (C=O) groups is 2. The monoisotopic (exact) mass is 500 g/mol. The number of rotatable bonds is 9. The van der Waals surface area contributed by atoms with E-state index in [0.29, 0.717) is 12.0 Å². The van der Waals surface area contributed by atoms with Crippen LogP contribution in [-0.2, 0) is 29.0 Å².